The lowest BCUT2D eigenvalue weighted by Crippen LogP contribution is -2.48. The largest absolute Gasteiger partial charge is 0.484 e. The molecule has 0 aliphatic heterocycles. The zero-order valence-electron chi connectivity index (χ0n) is 13.1. The Balaban J connectivity index is 1.79. The second kappa shape index (κ2) is 6.48. The molecule has 0 unspecified atom stereocenters. The van der Waals surface area contributed by atoms with Gasteiger partial charge in [0.25, 0.3) is 5.91 Å². The Morgan fingerprint density at radius 1 is 1.43 bits per heavy atom. The second-order valence-electron chi connectivity index (χ2n) is 6.32. The molecule has 0 saturated heterocycles. The molecule has 2 rings (SSSR count). The number of rotatable bonds is 6. The molecule has 0 spiro atoms. The maximum Gasteiger partial charge on any atom is 0.258 e. The third-order valence-electron chi connectivity index (χ3n) is 4.13. The van der Waals surface area contributed by atoms with Gasteiger partial charge in [-0.15, -0.1) is 0 Å². The zero-order chi connectivity index (χ0) is 15.5. The van der Waals surface area contributed by atoms with Gasteiger partial charge in [-0.3, -0.25) is 4.79 Å². The summed E-state index contributed by atoms with van der Waals surface area (Å²) in [5, 5.41) is 12.6. The van der Waals surface area contributed by atoms with Crippen molar-refractivity contribution in [2.24, 2.45) is 0 Å². The molecular weight excluding hydrogens is 266 g/mol. The molecule has 1 aliphatic carbocycles. The summed E-state index contributed by atoms with van der Waals surface area (Å²) in [5.41, 5.74) is 1.77. The number of carbonyl (C=O) groups excluding carboxylic acids is 1. The molecule has 1 aromatic rings. The fourth-order valence-corrected chi connectivity index (χ4v) is 2.61. The van der Waals surface area contributed by atoms with Crippen LogP contribution in [0.5, 0.6) is 5.75 Å². The molecule has 4 nitrogen and oxygen atoms in total. The SMILES string of the molecule is Cc1cc(OCC(=O)NCC2(O)CCC2)ccc1C(C)C. The van der Waals surface area contributed by atoms with E-state index in [1.165, 1.54) is 11.1 Å². The number of ether oxygens (including phenoxy) is 1. The number of hydrogen-bond donors (Lipinski definition) is 2. The van der Waals surface area contributed by atoms with Gasteiger partial charge in [0, 0.05) is 6.54 Å². The third-order valence-corrected chi connectivity index (χ3v) is 4.13. The Labute approximate surface area is 126 Å². The van der Waals surface area contributed by atoms with E-state index in [0.29, 0.717) is 18.2 Å². The fourth-order valence-electron chi connectivity index (χ4n) is 2.61. The summed E-state index contributed by atoms with van der Waals surface area (Å²) in [7, 11) is 0. The quantitative estimate of drug-likeness (QED) is 0.846. The van der Waals surface area contributed by atoms with Gasteiger partial charge in [0.15, 0.2) is 6.61 Å². The normalized spacial score (nSPS) is 16.4. The molecule has 116 valence electrons. The van der Waals surface area contributed by atoms with Gasteiger partial charge in [0.05, 0.1) is 5.60 Å². The first-order chi connectivity index (χ1) is 9.89. The van der Waals surface area contributed by atoms with Crippen molar-refractivity contribution in [2.45, 2.75) is 51.6 Å². The monoisotopic (exact) mass is 291 g/mol. The fraction of sp³-hybridized carbons (Fsp3) is 0.588. The summed E-state index contributed by atoms with van der Waals surface area (Å²) in [5.74, 6) is 0.987. The lowest BCUT2D eigenvalue weighted by atomic mass is 9.80. The minimum atomic E-state index is -0.689. The van der Waals surface area contributed by atoms with Gasteiger partial charge in [-0.05, 0) is 55.4 Å². The van der Waals surface area contributed by atoms with Crippen molar-refractivity contribution < 1.29 is 14.6 Å². The van der Waals surface area contributed by atoms with Crippen LogP contribution in [0.1, 0.15) is 50.2 Å². The Morgan fingerprint density at radius 3 is 2.67 bits per heavy atom. The molecule has 0 radical (unpaired) electrons. The highest BCUT2D eigenvalue weighted by Gasteiger charge is 2.34. The molecule has 4 heteroatoms. The highest BCUT2D eigenvalue weighted by molar-refractivity contribution is 5.77. The van der Waals surface area contributed by atoms with Crippen LogP contribution in [-0.4, -0.2) is 29.8 Å². The predicted octanol–water partition coefficient (Wildman–Crippen LogP) is 2.53. The second-order valence-corrected chi connectivity index (χ2v) is 6.32. The highest BCUT2D eigenvalue weighted by Crippen LogP contribution is 2.30. The maximum absolute atomic E-state index is 11.7. The lowest BCUT2D eigenvalue weighted by Gasteiger charge is -2.36. The van der Waals surface area contributed by atoms with Crippen molar-refractivity contribution in [2.75, 3.05) is 13.2 Å². The van der Waals surface area contributed by atoms with Crippen molar-refractivity contribution in [3.05, 3.63) is 29.3 Å². The summed E-state index contributed by atoms with van der Waals surface area (Å²) >= 11 is 0. The minimum Gasteiger partial charge on any atom is -0.484 e. The molecule has 0 heterocycles. The third kappa shape index (κ3) is 4.21. The van der Waals surface area contributed by atoms with E-state index in [0.717, 1.165) is 19.3 Å². The Kier molecular flexibility index (Phi) is 4.88. The van der Waals surface area contributed by atoms with Crippen LogP contribution in [0.3, 0.4) is 0 Å². The molecule has 1 saturated carbocycles. The first-order valence-electron chi connectivity index (χ1n) is 7.62. The van der Waals surface area contributed by atoms with E-state index in [1.54, 1.807) is 0 Å². The van der Waals surface area contributed by atoms with E-state index in [4.69, 9.17) is 4.74 Å². The minimum absolute atomic E-state index is 0.0173. The van der Waals surface area contributed by atoms with Gasteiger partial charge in [-0.1, -0.05) is 19.9 Å². The first-order valence-corrected chi connectivity index (χ1v) is 7.62. The van der Waals surface area contributed by atoms with Crippen molar-refractivity contribution in [1.29, 1.82) is 0 Å². The Bertz CT molecular complexity index is 507. The molecule has 0 bridgehead atoms. The molecule has 1 fully saturated rings. The first kappa shape index (κ1) is 15.8. The highest BCUT2D eigenvalue weighted by atomic mass is 16.5. The van der Waals surface area contributed by atoms with Gasteiger partial charge in [-0.25, -0.2) is 0 Å². The molecule has 1 aromatic carbocycles. The van der Waals surface area contributed by atoms with Crippen LogP contribution in [0.4, 0.5) is 0 Å². The molecule has 0 atom stereocenters. The van der Waals surface area contributed by atoms with Gasteiger partial charge in [0.1, 0.15) is 5.75 Å². The smallest absolute Gasteiger partial charge is 0.258 e. The number of aliphatic hydroxyl groups is 1. The van der Waals surface area contributed by atoms with Crippen LogP contribution >= 0.6 is 0 Å². The van der Waals surface area contributed by atoms with Crippen molar-refractivity contribution in [3.63, 3.8) is 0 Å². The van der Waals surface area contributed by atoms with Crippen molar-refractivity contribution in [3.8, 4) is 5.75 Å². The molecule has 0 aromatic heterocycles. The van der Waals surface area contributed by atoms with Gasteiger partial charge < -0.3 is 15.2 Å². The topological polar surface area (TPSA) is 58.6 Å². The van der Waals surface area contributed by atoms with Gasteiger partial charge in [-0.2, -0.15) is 0 Å². The van der Waals surface area contributed by atoms with Crippen molar-refractivity contribution >= 4 is 5.91 Å². The van der Waals surface area contributed by atoms with Crippen LogP contribution < -0.4 is 10.1 Å². The standard InChI is InChI=1S/C17H25NO3/c1-12(2)15-6-5-14(9-13(15)3)21-10-16(19)18-11-17(20)7-4-8-17/h5-6,9,12,20H,4,7-8,10-11H2,1-3H3,(H,18,19). The van der Waals surface area contributed by atoms with E-state index in [9.17, 15) is 9.90 Å². The summed E-state index contributed by atoms with van der Waals surface area (Å²) in [6.45, 7) is 6.66. The Morgan fingerprint density at radius 2 is 2.14 bits per heavy atom. The Hall–Kier alpha value is -1.55. The molecule has 1 amide bonds. The van der Waals surface area contributed by atoms with Crippen LogP contribution in [-0.2, 0) is 4.79 Å². The number of hydrogen-bond acceptors (Lipinski definition) is 3. The molecule has 2 N–H and O–H groups in total. The van der Waals surface area contributed by atoms with E-state index >= 15 is 0 Å². The maximum atomic E-state index is 11.7. The lowest BCUT2D eigenvalue weighted by molar-refractivity contribution is -0.125. The van der Waals surface area contributed by atoms with E-state index in [1.807, 2.05) is 25.1 Å². The molecular formula is C17H25NO3. The summed E-state index contributed by atoms with van der Waals surface area (Å²) in [6.07, 6.45) is 2.57. The van der Waals surface area contributed by atoms with Gasteiger partial charge >= 0.3 is 0 Å². The number of carbonyl (C=O) groups is 1. The summed E-state index contributed by atoms with van der Waals surface area (Å²) < 4.78 is 5.51. The summed E-state index contributed by atoms with van der Waals surface area (Å²) in [4.78, 5) is 11.7. The predicted molar refractivity (Wildman–Crippen MR) is 82.6 cm³/mol. The van der Waals surface area contributed by atoms with Crippen LogP contribution in [0, 0.1) is 6.92 Å². The van der Waals surface area contributed by atoms with Crippen LogP contribution in [0.2, 0.25) is 0 Å². The number of amides is 1. The number of benzene rings is 1. The average Bonchev–Trinajstić information content (AvgIpc) is 2.40. The number of nitrogens with one attached hydrogen (secondary N) is 1. The van der Waals surface area contributed by atoms with E-state index in [-0.39, 0.29) is 12.5 Å². The molecule has 21 heavy (non-hydrogen) atoms. The average molecular weight is 291 g/mol. The molecule has 1 aliphatic rings. The van der Waals surface area contributed by atoms with Crippen molar-refractivity contribution in [1.82, 2.24) is 5.32 Å². The van der Waals surface area contributed by atoms with Crippen LogP contribution in [0.15, 0.2) is 18.2 Å². The van der Waals surface area contributed by atoms with E-state index < -0.39 is 5.60 Å². The van der Waals surface area contributed by atoms with Crippen LogP contribution in [0.25, 0.3) is 0 Å². The number of aryl methyl sites for hydroxylation is 1. The zero-order valence-corrected chi connectivity index (χ0v) is 13.1. The van der Waals surface area contributed by atoms with E-state index in [2.05, 4.69) is 19.2 Å². The van der Waals surface area contributed by atoms with Gasteiger partial charge in [0.2, 0.25) is 0 Å². The summed E-state index contributed by atoms with van der Waals surface area (Å²) in [6, 6.07) is 5.90.